The van der Waals surface area contributed by atoms with Crippen molar-refractivity contribution in [1.29, 1.82) is 0 Å². The summed E-state index contributed by atoms with van der Waals surface area (Å²) >= 11 is 4.79. The van der Waals surface area contributed by atoms with Gasteiger partial charge >= 0.3 is 0 Å². The van der Waals surface area contributed by atoms with Gasteiger partial charge in [-0.15, -0.1) is 0 Å². The van der Waals surface area contributed by atoms with Crippen LogP contribution < -0.4 is 5.32 Å². The molecule has 0 aliphatic rings. The summed E-state index contributed by atoms with van der Waals surface area (Å²) < 4.78 is 0.965. The van der Waals surface area contributed by atoms with Gasteiger partial charge in [-0.05, 0) is 42.4 Å². The molecule has 0 saturated heterocycles. The van der Waals surface area contributed by atoms with Gasteiger partial charge in [0.2, 0.25) is 0 Å². The maximum atomic E-state index is 11.2. The molecule has 0 fully saturated rings. The van der Waals surface area contributed by atoms with Crippen molar-refractivity contribution in [3.63, 3.8) is 0 Å². The fraction of sp³-hybridized carbons (Fsp3) is 0.200. The number of rotatable bonds is 6. The van der Waals surface area contributed by atoms with Gasteiger partial charge in [0.25, 0.3) is 5.69 Å². The third-order valence-electron chi connectivity index (χ3n) is 3.01. The molecule has 2 aromatic rings. The van der Waals surface area contributed by atoms with Crippen LogP contribution in [-0.4, -0.2) is 17.1 Å². The van der Waals surface area contributed by atoms with Crippen molar-refractivity contribution in [3.05, 3.63) is 62.1 Å². The molecular weight excluding hydrogens is 368 g/mol. The average molecular weight is 383 g/mol. The van der Waals surface area contributed by atoms with Crippen molar-refractivity contribution in [2.75, 3.05) is 7.05 Å². The van der Waals surface area contributed by atoms with Gasteiger partial charge in [-0.25, -0.2) is 0 Å². The van der Waals surface area contributed by atoms with Gasteiger partial charge in [-0.2, -0.15) is 0 Å². The van der Waals surface area contributed by atoms with Crippen molar-refractivity contribution < 1.29 is 10.0 Å². The zero-order chi connectivity index (χ0) is 16.1. The van der Waals surface area contributed by atoms with Gasteiger partial charge in [0.15, 0.2) is 0 Å². The Balaban J connectivity index is 2.40. The smallest absolute Gasteiger partial charge is 0.283 e. The van der Waals surface area contributed by atoms with Crippen molar-refractivity contribution >= 4 is 33.4 Å². The first kappa shape index (κ1) is 17.0. The number of hydrogen-bond acceptors (Lipinski definition) is 5. The predicted molar refractivity (Wildman–Crippen MR) is 90.0 cm³/mol. The van der Waals surface area contributed by atoms with Gasteiger partial charge in [0.05, 0.1) is 16.4 Å². The van der Waals surface area contributed by atoms with E-state index in [9.17, 15) is 10.1 Å². The van der Waals surface area contributed by atoms with E-state index in [-0.39, 0.29) is 12.3 Å². The molecule has 0 aromatic heterocycles. The summed E-state index contributed by atoms with van der Waals surface area (Å²) in [7, 11) is 1.86. The summed E-state index contributed by atoms with van der Waals surface area (Å²) in [6.07, 6.45) is 0. The SMILES string of the molecule is CNCc1cc(Br)ccc1Sc1ccc(CO)cc1[N+](=O)[O-]. The van der Waals surface area contributed by atoms with E-state index < -0.39 is 4.92 Å². The van der Waals surface area contributed by atoms with Crippen LogP contribution in [0.3, 0.4) is 0 Å². The minimum Gasteiger partial charge on any atom is -0.392 e. The maximum Gasteiger partial charge on any atom is 0.283 e. The number of nitro benzene ring substituents is 1. The summed E-state index contributed by atoms with van der Waals surface area (Å²) in [5, 5.41) is 23.5. The van der Waals surface area contributed by atoms with Crippen LogP contribution in [-0.2, 0) is 13.2 Å². The zero-order valence-corrected chi connectivity index (χ0v) is 14.3. The van der Waals surface area contributed by atoms with E-state index >= 15 is 0 Å². The van der Waals surface area contributed by atoms with Crippen molar-refractivity contribution in [1.82, 2.24) is 5.32 Å². The molecule has 0 atom stereocenters. The van der Waals surface area contributed by atoms with E-state index in [0.29, 0.717) is 17.0 Å². The highest BCUT2D eigenvalue weighted by Crippen LogP contribution is 2.37. The lowest BCUT2D eigenvalue weighted by Crippen LogP contribution is -2.06. The van der Waals surface area contributed by atoms with Crippen LogP contribution in [0.2, 0.25) is 0 Å². The van der Waals surface area contributed by atoms with Crippen molar-refractivity contribution in [2.45, 2.75) is 22.9 Å². The molecule has 0 saturated carbocycles. The third-order valence-corrected chi connectivity index (χ3v) is 4.69. The van der Waals surface area contributed by atoms with Crippen LogP contribution in [0.25, 0.3) is 0 Å². The fourth-order valence-corrected chi connectivity index (χ4v) is 3.40. The van der Waals surface area contributed by atoms with Gasteiger partial charge in [-0.1, -0.05) is 33.8 Å². The zero-order valence-electron chi connectivity index (χ0n) is 11.9. The van der Waals surface area contributed by atoms with Gasteiger partial charge in [-0.3, -0.25) is 10.1 Å². The van der Waals surface area contributed by atoms with E-state index in [0.717, 1.165) is 14.9 Å². The second kappa shape index (κ2) is 7.73. The predicted octanol–water partition coefficient (Wildman–Crippen LogP) is 3.72. The van der Waals surface area contributed by atoms with Gasteiger partial charge in [0, 0.05) is 22.0 Å². The minimum absolute atomic E-state index is 0.00914. The first-order chi connectivity index (χ1) is 10.5. The molecule has 22 heavy (non-hydrogen) atoms. The highest BCUT2D eigenvalue weighted by Gasteiger charge is 2.17. The molecule has 0 bridgehead atoms. The molecule has 0 radical (unpaired) electrons. The van der Waals surface area contributed by atoms with Crippen LogP contribution >= 0.6 is 27.7 Å². The number of hydrogen-bond donors (Lipinski definition) is 2. The molecule has 0 unspecified atom stereocenters. The highest BCUT2D eigenvalue weighted by atomic mass is 79.9. The van der Waals surface area contributed by atoms with Crippen LogP contribution in [0.4, 0.5) is 5.69 Å². The summed E-state index contributed by atoms with van der Waals surface area (Å²) in [6, 6.07) is 10.6. The molecule has 0 aliphatic carbocycles. The molecule has 0 spiro atoms. The Labute approximate surface area is 141 Å². The Hall–Kier alpha value is -1.41. The maximum absolute atomic E-state index is 11.2. The van der Waals surface area contributed by atoms with Crippen LogP contribution in [0, 0.1) is 10.1 Å². The lowest BCUT2D eigenvalue weighted by Gasteiger charge is -2.10. The molecule has 2 aromatic carbocycles. The number of benzene rings is 2. The van der Waals surface area contributed by atoms with Crippen LogP contribution in [0.15, 0.2) is 50.7 Å². The molecular formula is C15H15BrN2O3S. The lowest BCUT2D eigenvalue weighted by molar-refractivity contribution is -0.387. The minimum atomic E-state index is -0.419. The average Bonchev–Trinajstić information content (AvgIpc) is 2.50. The normalized spacial score (nSPS) is 10.7. The van der Waals surface area contributed by atoms with Crippen molar-refractivity contribution in [2.24, 2.45) is 0 Å². The molecule has 2 rings (SSSR count). The molecule has 7 heteroatoms. The quantitative estimate of drug-likeness (QED) is 0.588. The summed E-state index contributed by atoms with van der Waals surface area (Å²) in [5.74, 6) is 0. The second-order valence-corrected chi connectivity index (χ2v) is 6.60. The second-order valence-electron chi connectivity index (χ2n) is 4.60. The van der Waals surface area contributed by atoms with Gasteiger partial charge in [0.1, 0.15) is 0 Å². The third kappa shape index (κ3) is 4.07. The first-order valence-electron chi connectivity index (χ1n) is 6.54. The Morgan fingerprint density at radius 3 is 2.64 bits per heavy atom. The fourth-order valence-electron chi connectivity index (χ4n) is 1.98. The lowest BCUT2D eigenvalue weighted by atomic mass is 10.2. The van der Waals surface area contributed by atoms with Gasteiger partial charge < -0.3 is 10.4 Å². The van der Waals surface area contributed by atoms with E-state index in [1.54, 1.807) is 12.1 Å². The topological polar surface area (TPSA) is 75.4 Å². The number of aliphatic hydroxyl groups is 1. The van der Waals surface area contributed by atoms with E-state index in [1.165, 1.54) is 17.8 Å². The highest BCUT2D eigenvalue weighted by molar-refractivity contribution is 9.10. The van der Waals surface area contributed by atoms with Crippen molar-refractivity contribution in [3.8, 4) is 0 Å². The molecule has 2 N–H and O–H groups in total. The number of aliphatic hydroxyl groups excluding tert-OH is 1. The largest absolute Gasteiger partial charge is 0.392 e. The molecule has 116 valence electrons. The summed E-state index contributed by atoms with van der Waals surface area (Å²) in [6.45, 7) is 0.458. The number of halogens is 1. The standard InChI is InChI=1S/C15H15BrN2O3S/c1-17-8-11-7-12(16)3-5-14(11)22-15-4-2-10(9-19)6-13(15)18(20)21/h2-7,17,19H,8-9H2,1H3. The molecule has 0 aliphatic heterocycles. The Morgan fingerprint density at radius 1 is 1.27 bits per heavy atom. The monoisotopic (exact) mass is 382 g/mol. The van der Waals surface area contributed by atoms with Crippen LogP contribution in [0.5, 0.6) is 0 Å². The number of nitro groups is 1. The Kier molecular flexibility index (Phi) is 5.96. The number of nitrogens with zero attached hydrogens (tertiary/aromatic N) is 1. The summed E-state index contributed by atoms with van der Waals surface area (Å²) in [5.41, 5.74) is 1.60. The van der Waals surface area contributed by atoms with Crippen LogP contribution in [0.1, 0.15) is 11.1 Å². The molecule has 0 amide bonds. The first-order valence-corrected chi connectivity index (χ1v) is 8.15. The number of nitrogens with one attached hydrogen (secondary N) is 1. The Bertz CT molecular complexity index is 694. The van der Waals surface area contributed by atoms with E-state index in [2.05, 4.69) is 21.2 Å². The Morgan fingerprint density at radius 2 is 2.00 bits per heavy atom. The van der Waals surface area contributed by atoms with E-state index in [4.69, 9.17) is 5.11 Å². The molecule has 0 heterocycles. The van der Waals surface area contributed by atoms with E-state index in [1.807, 2.05) is 25.2 Å². The summed E-state index contributed by atoms with van der Waals surface area (Å²) in [4.78, 5) is 12.3. The molecule has 5 nitrogen and oxygen atoms in total.